The van der Waals surface area contributed by atoms with Crippen molar-refractivity contribution in [3.8, 4) is 0 Å². The molecule has 186 valence electrons. The highest BCUT2D eigenvalue weighted by molar-refractivity contribution is 6.30. The number of nitrogens with zero attached hydrogens (tertiary/aromatic N) is 3. The van der Waals surface area contributed by atoms with Gasteiger partial charge in [-0.2, -0.15) is 5.10 Å². The second-order valence-corrected chi connectivity index (χ2v) is 8.64. The first-order valence-electron chi connectivity index (χ1n) is 11.2. The second kappa shape index (κ2) is 11.3. The lowest BCUT2D eigenvalue weighted by atomic mass is 10.2. The Labute approximate surface area is 212 Å². The van der Waals surface area contributed by atoms with Gasteiger partial charge >= 0.3 is 0 Å². The van der Waals surface area contributed by atoms with E-state index in [-0.39, 0.29) is 48.4 Å². The normalized spacial score (nSPS) is 11.9. The number of aliphatic hydroxyl groups is 1. The third-order valence-corrected chi connectivity index (χ3v) is 5.95. The highest BCUT2D eigenvalue weighted by atomic mass is 35.5. The molecule has 0 saturated carbocycles. The molecule has 4 N–H and O–H groups in total. The smallest absolute Gasteiger partial charge is 0.245 e. The highest BCUT2D eigenvalue weighted by Gasteiger charge is 2.22. The van der Waals surface area contributed by atoms with E-state index in [1.54, 1.807) is 30.3 Å². The average Bonchev–Trinajstić information content (AvgIpc) is 3.24. The van der Waals surface area contributed by atoms with E-state index < -0.39 is 18.0 Å². The molecule has 1 atom stereocenters. The van der Waals surface area contributed by atoms with E-state index in [1.165, 1.54) is 21.7 Å². The number of carbonyl (C=O) groups excluding carboxylic acids is 2. The van der Waals surface area contributed by atoms with E-state index in [4.69, 9.17) is 17.3 Å². The van der Waals surface area contributed by atoms with Crippen LogP contribution in [0.25, 0.3) is 10.9 Å². The van der Waals surface area contributed by atoms with Crippen molar-refractivity contribution in [3.05, 3.63) is 100 Å². The standard InChI is InChI=1S/C26H25ClFN5O3/c27-20-11-6-9-18(24(20)28)13-30-22(34)15-32(14-17-7-2-1-3-8-17)23(35)16-33-21-12-5-4-10-19(21)25(31-33)26(29)36/h1-12,26,36H,13-16,29H2,(H,30,34). The van der Waals surface area contributed by atoms with E-state index in [1.807, 2.05) is 30.3 Å². The fourth-order valence-electron chi connectivity index (χ4n) is 3.86. The Morgan fingerprint density at radius 1 is 1.08 bits per heavy atom. The molecule has 10 heteroatoms. The number of fused-ring (bicyclic) bond motifs is 1. The lowest BCUT2D eigenvalue weighted by molar-refractivity contribution is -0.137. The number of hydrogen-bond acceptors (Lipinski definition) is 5. The van der Waals surface area contributed by atoms with Crippen molar-refractivity contribution in [2.24, 2.45) is 5.73 Å². The van der Waals surface area contributed by atoms with Gasteiger partial charge in [0.25, 0.3) is 0 Å². The molecule has 0 aliphatic heterocycles. The first kappa shape index (κ1) is 25.3. The maximum absolute atomic E-state index is 14.2. The van der Waals surface area contributed by atoms with Crippen LogP contribution in [0.15, 0.2) is 72.8 Å². The van der Waals surface area contributed by atoms with E-state index >= 15 is 0 Å². The number of carbonyl (C=O) groups is 2. The first-order valence-corrected chi connectivity index (χ1v) is 11.6. The fourth-order valence-corrected chi connectivity index (χ4v) is 4.06. The summed E-state index contributed by atoms with van der Waals surface area (Å²) in [7, 11) is 0. The number of halogens is 2. The molecule has 4 rings (SSSR count). The maximum atomic E-state index is 14.2. The van der Waals surface area contributed by atoms with Crippen LogP contribution in [0.5, 0.6) is 0 Å². The molecule has 3 aromatic carbocycles. The zero-order chi connectivity index (χ0) is 25.7. The minimum absolute atomic E-state index is 0.0314. The molecule has 0 aliphatic carbocycles. The van der Waals surface area contributed by atoms with Gasteiger partial charge in [-0.05, 0) is 17.7 Å². The van der Waals surface area contributed by atoms with Gasteiger partial charge in [0.1, 0.15) is 24.3 Å². The molecule has 2 amide bonds. The molecule has 0 fully saturated rings. The number of hydrogen-bond donors (Lipinski definition) is 3. The number of benzene rings is 3. The van der Waals surface area contributed by atoms with Crippen molar-refractivity contribution in [2.75, 3.05) is 6.54 Å². The monoisotopic (exact) mass is 509 g/mol. The van der Waals surface area contributed by atoms with Crippen LogP contribution in [0.1, 0.15) is 23.0 Å². The van der Waals surface area contributed by atoms with E-state index in [0.717, 1.165) is 5.56 Å². The topological polar surface area (TPSA) is 113 Å². The van der Waals surface area contributed by atoms with Crippen LogP contribution in [0.2, 0.25) is 5.02 Å². The molecule has 0 spiro atoms. The Morgan fingerprint density at radius 3 is 2.56 bits per heavy atom. The molecule has 8 nitrogen and oxygen atoms in total. The summed E-state index contributed by atoms with van der Waals surface area (Å²) in [5.41, 5.74) is 7.62. The van der Waals surface area contributed by atoms with Gasteiger partial charge in [0, 0.05) is 24.0 Å². The number of para-hydroxylation sites is 1. The predicted molar refractivity (Wildman–Crippen MR) is 134 cm³/mol. The van der Waals surface area contributed by atoms with Crippen molar-refractivity contribution in [1.82, 2.24) is 20.0 Å². The van der Waals surface area contributed by atoms with Gasteiger partial charge in [0.2, 0.25) is 11.8 Å². The van der Waals surface area contributed by atoms with Gasteiger partial charge in [-0.25, -0.2) is 4.39 Å². The summed E-state index contributed by atoms with van der Waals surface area (Å²) in [6.45, 7) is -0.303. The Bertz CT molecular complexity index is 1380. The fraction of sp³-hybridized carbons (Fsp3) is 0.192. The maximum Gasteiger partial charge on any atom is 0.245 e. The summed E-state index contributed by atoms with van der Waals surface area (Å²) < 4.78 is 15.6. The first-order chi connectivity index (χ1) is 17.3. The van der Waals surface area contributed by atoms with Gasteiger partial charge < -0.3 is 21.1 Å². The van der Waals surface area contributed by atoms with Gasteiger partial charge in [0.05, 0.1) is 17.1 Å². The summed E-state index contributed by atoms with van der Waals surface area (Å²) in [5.74, 6) is -1.42. The van der Waals surface area contributed by atoms with E-state index in [2.05, 4.69) is 10.4 Å². The Kier molecular flexibility index (Phi) is 7.94. The zero-order valence-corrected chi connectivity index (χ0v) is 20.0. The summed E-state index contributed by atoms with van der Waals surface area (Å²) in [4.78, 5) is 27.5. The van der Waals surface area contributed by atoms with Crippen molar-refractivity contribution in [2.45, 2.75) is 25.9 Å². The number of aromatic nitrogens is 2. The van der Waals surface area contributed by atoms with Crippen molar-refractivity contribution in [1.29, 1.82) is 0 Å². The summed E-state index contributed by atoms with van der Waals surface area (Å²) in [5, 5.41) is 17.5. The number of nitrogens with one attached hydrogen (secondary N) is 1. The molecular formula is C26H25ClFN5O3. The van der Waals surface area contributed by atoms with E-state index in [0.29, 0.717) is 10.9 Å². The summed E-state index contributed by atoms with van der Waals surface area (Å²) in [6, 6.07) is 20.9. The van der Waals surface area contributed by atoms with Gasteiger partial charge in [-0.1, -0.05) is 72.3 Å². The lowest BCUT2D eigenvalue weighted by Gasteiger charge is -2.23. The number of amides is 2. The van der Waals surface area contributed by atoms with Crippen LogP contribution >= 0.6 is 11.6 Å². The highest BCUT2D eigenvalue weighted by Crippen LogP contribution is 2.22. The Morgan fingerprint density at radius 2 is 1.81 bits per heavy atom. The molecule has 1 heterocycles. The minimum Gasteiger partial charge on any atom is -0.373 e. The third kappa shape index (κ3) is 5.88. The largest absolute Gasteiger partial charge is 0.373 e. The van der Waals surface area contributed by atoms with Crippen molar-refractivity contribution in [3.63, 3.8) is 0 Å². The summed E-state index contributed by atoms with van der Waals surface area (Å²) >= 11 is 5.81. The van der Waals surface area contributed by atoms with Gasteiger partial charge in [-0.15, -0.1) is 0 Å². The molecule has 0 saturated heterocycles. The number of rotatable bonds is 9. The Hall–Kier alpha value is -3.79. The Balaban J connectivity index is 1.52. The molecule has 0 radical (unpaired) electrons. The average molecular weight is 510 g/mol. The molecule has 4 aromatic rings. The van der Waals surface area contributed by atoms with Crippen LogP contribution in [-0.4, -0.2) is 38.1 Å². The second-order valence-electron chi connectivity index (χ2n) is 8.23. The van der Waals surface area contributed by atoms with Crippen molar-refractivity contribution < 1.29 is 19.1 Å². The predicted octanol–water partition coefficient (Wildman–Crippen LogP) is 3.12. The van der Waals surface area contributed by atoms with Crippen LogP contribution in [0.3, 0.4) is 0 Å². The van der Waals surface area contributed by atoms with Gasteiger partial charge in [-0.3, -0.25) is 14.3 Å². The SMILES string of the molecule is NC(O)c1nn(CC(=O)N(CC(=O)NCc2cccc(Cl)c2F)Cc2ccccc2)c2ccccc12. The molecule has 1 unspecified atom stereocenters. The summed E-state index contributed by atoms with van der Waals surface area (Å²) in [6.07, 6.45) is -1.30. The van der Waals surface area contributed by atoms with Crippen LogP contribution in [-0.2, 0) is 29.2 Å². The number of aliphatic hydroxyl groups excluding tert-OH is 1. The van der Waals surface area contributed by atoms with Crippen LogP contribution in [0.4, 0.5) is 4.39 Å². The molecule has 0 bridgehead atoms. The molecular weight excluding hydrogens is 485 g/mol. The van der Waals surface area contributed by atoms with E-state index in [9.17, 15) is 19.1 Å². The van der Waals surface area contributed by atoms with Crippen LogP contribution in [0, 0.1) is 5.82 Å². The third-order valence-electron chi connectivity index (χ3n) is 5.66. The van der Waals surface area contributed by atoms with Crippen molar-refractivity contribution >= 4 is 34.3 Å². The lowest BCUT2D eigenvalue weighted by Crippen LogP contribution is -2.41. The van der Waals surface area contributed by atoms with Gasteiger partial charge in [0.15, 0.2) is 0 Å². The molecule has 0 aliphatic rings. The number of nitrogens with two attached hydrogens (primary N) is 1. The molecule has 1 aromatic heterocycles. The zero-order valence-electron chi connectivity index (χ0n) is 19.3. The van der Waals surface area contributed by atoms with Crippen LogP contribution < -0.4 is 11.1 Å². The molecule has 36 heavy (non-hydrogen) atoms. The quantitative estimate of drug-likeness (QED) is 0.300. The minimum atomic E-state index is -1.30.